The molecule has 11 heteroatoms. The molecular weight excluding hydrogens is 366 g/mol. The van der Waals surface area contributed by atoms with Gasteiger partial charge in [0.15, 0.2) is 0 Å². The fourth-order valence-electron chi connectivity index (χ4n) is 3.03. The number of carbonyl (C=O) groups is 2. The summed E-state index contributed by atoms with van der Waals surface area (Å²) in [6.07, 6.45) is 0.320. The summed E-state index contributed by atoms with van der Waals surface area (Å²) in [5, 5.41) is 19.7. The maximum atomic E-state index is 12.6. The quantitative estimate of drug-likeness (QED) is 0.564. The van der Waals surface area contributed by atoms with Crippen LogP contribution in [0.1, 0.15) is 6.42 Å². The highest BCUT2D eigenvalue weighted by Gasteiger charge is 2.50. The molecule has 1 saturated carbocycles. The van der Waals surface area contributed by atoms with E-state index in [0.717, 1.165) is 6.07 Å². The SMILES string of the molecule is O=C(O)C1CC1C(=O)N1CCN(S(=O)(=O)c2cccc([N+](=O)[O-])c2)CC1. The molecule has 2 unspecified atom stereocenters. The Balaban J connectivity index is 1.66. The number of carboxylic acids is 1. The van der Waals surface area contributed by atoms with Gasteiger partial charge in [0, 0.05) is 38.3 Å². The van der Waals surface area contributed by atoms with Crippen molar-refractivity contribution >= 4 is 27.6 Å². The van der Waals surface area contributed by atoms with Crippen LogP contribution in [0, 0.1) is 22.0 Å². The summed E-state index contributed by atoms with van der Waals surface area (Å²) in [5.74, 6) is -2.42. The lowest BCUT2D eigenvalue weighted by Crippen LogP contribution is -2.51. The first-order valence-electron chi connectivity index (χ1n) is 7.98. The number of rotatable bonds is 5. The Morgan fingerprint density at radius 1 is 1.15 bits per heavy atom. The van der Waals surface area contributed by atoms with Gasteiger partial charge in [-0.2, -0.15) is 4.31 Å². The number of non-ortho nitro benzene ring substituents is 1. The van der Waals surface area contributed by atoms with Crippen LogP contribution in [0.4, 0.5) is 5.69 Å². The molecule has 2 atom stereocenters. The highest BCUT2D eigenvalue weighted by Crippen LogP contribution is 2.40. The minimum absolute atomic E-state index is 0.0568. The second kappa shape index (κ2) is 6.65. The fourth-order valence-corrected chi connectivity index (χ4v) is 4.49. The number of hydrogen-bond donors (Lipinski definition) is 1. The lowest BCUT2D eigenvalue weighted by Gasteiger charge is -2.34. The maximum Gasteiger partial charge on any atom is 0.307 e. The smallest absolute Gasteiger partial charge is 0.307 e. The van der Waals surface area contributed by atoms with Crippen molar-refractivity contribution in [2.45, 2.75) is 11.3 Å². The Kier molecular flexibility index (Phi) is 4.67. The van der Waals surface area contributed by atoms with Crippen molar-refractivity contribution in [1.82, 2.24) is 9.21 Å². The van der Waals surface area contributed by atoms with Crippen molar-refractivity contribution in [3.63, 3.8) is 0 Å². The van der Waals surface area contributed by atoms with Crippen LogP contribution in [-0.4, -0.2) is 65.7 Å². The van der Waals surface area contributed by atoms with Gasteiger partial charge in [0.25, 0.3) is 5.69 Å². The third kappa shape index (κ3) is 3.40. The molecule has 2 aliphatic rings. The van der Waals surface area contributed by atoms with Gasteiger partial charge in [0.1, 0.15) is 0 Å². The highest BCUT2D eigenvalue weighted by atomic mass is 32.2. The van der Waals surface area contributed by atoms with Crippen LogP contribution in [0.2, 0.25) is 0 Å². The third-order valence-corrected chi connectivity index (χ3v) is 6.54. The summed E-state index contributed by atoms with van der Waals surface area (Å²) in [4.78, 5) is 34.6. The molecule has 1 aliphatic heterocycles. The van der Waals surface area contributed by atoms with Crippen LogP contribution < -0.4 is 0 Å². The molecule has 10 nitrogen and oxygen atoms in total. The van der Waals surface area contributed by atoms with E-state index in [1.54, 1.807) is 0 Å². The fraction of sp³-hybridized carbons (Fsp3) is 0.467. The van der Waals surface area contributed by atoms with E-state index in [-0.39, 0.29) is 42.7 Å². The average molecular weight is 383 g/mol. The van der Waals surface area contributed by atoms with Crippen molar-refractivity contribution in [2.75, 3.05) is 26.2 Å². The summed E-state index contributed by atoms with van der Waals surface area (Å²) in [6.45, 7) is 0.439. The van der Waals surface area contributed by atoms with E-state index in [0.29, 0.717) is 6.42 Å². The number of nitro groups is 1. The lowest BCUT2D eigenvalue weighted by molar-refractivity contribution is -0.385. The van der Waals surface area contributed by atoms with Crippen molar-refractivity contribution in [3.8, 4) is 0 Å². The Morgan fingerprint density at radius 3 is 2.35 bits per heavy atom. The molecule has 1 heterocycles. The summed E-state index contributed by atoms with van der Waals surface area (Å²) in [5.41, 5.74) is -0.312. The van der Waals surface area contributed by atoms with Crippen LogP contribution in [0.15, 0.2) is 29.2 Å². The van der Waals surface area contributed by atoms with Crippen LogP contribution in [0.25, 0.3) is 0 Å². The van der Waals surface area contributed by atoms with Gasteiger partial charge >= 0.3 is 5.97 Å². The first-order chi connectivity index (χ1) is 12.2. The van der Waals surface area contributed by atoms with Gasteiger partial charge in [-0.3, -0.25) is 19.7 Å². The van der Waals surface area contributed by atoms with Crippen LogP contribution in [-0.2, 0) is 19.6 Å². The molecule has 0 radical (unpaired) electrons. The van der Waals surface area contributed by atoms with Crippen molar-refractivity contribution < 1.29 is 28.0 Å². The molecular formula is C15H17N3O7S. The normalized spacial score (nSPS) is 23.5. The van der Waals surface area contributed by atoms with Gasteiger partial charge < -0.3 is 10.0 Å². The summed E-state index contributed by atoms with van der Waals surface area (Å²) < 4.78 is 26.5. The van der Waals surface area contributed by atoms with Gasteiger partial charge in [-0.05, 0) is 12.5 Å². The molecule has 140 valence electrons. The zero-order valence-electron chi connectivity index (χ0n) is 13.6. The molecule has 0 aromatic heterocycles. The van der Waals surface area contributed by atoms with E-state index < -0.39 is 32.8 Å². The third-order valence-electron chi connectivity index (χ3n) is 4.64. The molecule has 0 spiro atoms. The minimum atomic E-state index is -3.90. The molecule has 2 fully saturated rings. The standard InChI is InChI=1S/C15H17N3O7S/c19-14(12-9-13(12)15(20)21)16-4-6-17(7-5-16)26(24,25)11-3-1-2-10(8-11)18(22)23/h1-3,8,12-13H,4-7,9H2,(H,20,21). The maximum absolute atomic E-state index is 12.6. The van der Waals surface area contributed by atoms with Gasteiger partial charge in [-0.1, -0.05) is 6.07 Å². The van der Waals surface area contributed by atoms with E-state index >= 15 is 0 Å². The van der Waals surface area contributed by atoms with Crippen LogP contribution >= 0.6 is 0 Å². The first kappa shape index (κ1) is 18.3. The monoisotopic (exact) mass is 383 g/mol. The number of nitro benzene ring substituents is 1. The second-order valence-electron chi connectivity index (χ2n) is 6.27. The van der Waals surface area contributed by atoms with E-state index in [1.165, 1.54) is 27.4 Å². The number of benzene rings is 1. The zero-order valence-corrected chi connectivity index (χ0v) is 14.5. The van der Waals surface area contributed by atoms with E-state index in [4.69, 9.17) is 5.11 Å². The molecule has 1 aliphatic carbocycles. The van der Waals surface area contributed by atoms with Crippen LogP contribution in [0.3, 0.4) is 0 Å². The topological polar surface area (TPSA) is 138 Å². The number of carbonyl (C=O) groups excluding carboxylic acids is 1. The van der Waals surface area contributed by atoms with Crippen molar-refractivity contribution in [1.29, 1.82) is 0 Å². The minimum Gasteiger partial charge on any atom is -0.481 e. The number of nitrogens with zero attached hydrogens (tertiary/aromatic N) is 3. The van der Waals surface area contributed by atoms with E-state index in [1.807, 2.05) is 0 Å². The second-order valence-corrected chi connectivity index (χ2v) is 8.21. The van der Waals surface area contributed by atoms with Gasteiger partial charge in [-0.15, -0.1) is 0 Å². The van der Waals surface area contributed by atoms with Gasteiger partial charge in [0.2, 0.25) is 15.9 Å². The summed E-state index contributed by atoms with van der Waals surface area (Å²) in [6, 6.07) is 4.82. The highest BCUT2D eigenvalue weighted by molar-refractivity contribution is 7.89. The molecule has 1 saturated heterocycles. The van der Waals surface area contributed by atoms with Crippen molar-refractivity contribution in [3.05, 3.63) is 34.4 Å². The molecule has 3 rings (SSSR count). The Labute approximate surface area is 149 Å². The van der Waals surface area contributed by atoms with Crippen LogP contribution in [0.5, 0.6) is 0 Å². The molecule has 1 aromatic carbocycles. The Hall–Kier alpha value is -2.53. The van der Waals surface area contributed by atoms with Gasteiger partial charge in [-0.25, -0.2) is 8.42 Å². The Morgan fingerprint density at radius 2 is 1.81 bits per heavy atom. The average Bonchev–Trinajstić information content (AvgIpc) is 3.42. The first-order valence-corrected chi connectivity index (χ1v) is 9.42. The largest absolute Gasteiger partial charge is 0.481 e. The van der Waals surface area contributed by atoms with Crippen molar-refractivity contribution in [2.24, 2.45) is 11.8 Å². The number of hydrogen-bond acceptors (Lipinski definition) is 6. The number of aliphatic carboxylic acids is 1. The molecule has 0 bridgehead atoms. The number of carboxylic acid groups (broad SMARTS) is 1. The molecule has 1 amide bonds. The number of piperazine rings is 1. The Bertz CT molecular complexity index is 862. The summed E-state index contributed by atoms with van der Waals surface area (Å²) in [7, 11) is -3.90. The molecule has 1 aromatic rings. The predicted molar refractivity (Wildman–Crippen MR) is 87.7 cm³/mol. The van der Waals surface area contributed by atoms with E-state index in [2.05, 4.69) is 0 Å². The molecule has 1 N–H and O–H groups in total. The summed E-state index contributed by atoms with van der Waals surface area (Å²) >= 11 is 0. The zero-order chi connectivity index (χ0) is 19.1. The number of sulfonamides is 1. The van der Waals surface area contributed by atoms with Gasteiger partial charge in [0.05, 0.1) is 21.7 Å². The number of amides is 1. The van der Waals surface area contributed by atoms with E-state index in [9.17, 15) is 28.1 Å². The lowest BCUT2D eigenvalue weighted by atomic mass is 10.2. The predicted octanol–water partition coefficient (Wildman–Crippen LogP) is 0.148. The molecule has 26 heavy (non-hydrogen) atoms.